The number of halogens is 2. The van der Waals surface area contributed by atoms with E-state index < -0.39 is 0 Å². The van der Waals surface area contributed by atoms with E-state index in [-0.39, 0.29) is 24.1 Å². The van der Waals surface area contributed by atoms with Crippen LogP contribution in [0.2, 0.25) is 0 Å². The Morgan fingerprint density at radius 2 is 1.84 bits per heavy atom. The number of carbonyl (C=O) groups is 1. The predicted octanol–water partition coefficient (Wildman–Crippen LogP) is 3.34. The van der Waals surface area contributed by atoms with Crippen LogP contribution < -0.4 is 0 Å². The van der Waals surface area contributed by atoms with Crippen molar-refractivity contribution in [3.05, 3.63) is 32.7 Å². The number of fused-ring (bicyclic) bond motifs is 2. The highest BCUT2D eigenvalue weighted by Crippen LogP contribution is 2.37. The first-order valence-corrected chi connectivity index (χ1v) is 8.10. The van der Waals surface area contributed by atoms with Crippen molar-refractivity contribution in [1.29, 1.82) is 0 Å². The average molecular weight is 389 g/mol. The summed E-state index contributed by atoms with van der Waals surface area (Å²) in [7, 11) is 0. The van der Waals surface area contributed by atoms with Crippen molar-refractivity contribution >= 4 is 37.8 Å². The van der Waals surface area contributed by atoms with Gasteiger partial charge in [-0.2, -0.15) is 0 Å². The molecule has 1 N–H and O–H groups in total. The molecular formula is C14H15Br2NO2. The van der Waals surface area contributed by atoms with Gasteiger partial charge in [-0.15, -0.1) is 0 Å². The molecular weight excluding hydrogens is 374 g/mol. The Hall–Kier alpha value is -0.390. The van der Waals surface area contributed by atoms with E-state index in [2.05, 4.69) is 31.9 Å². The summed E-state index contributed by atoms with van der Waals surface area (Å²) in [5, 5.41) is 9.80. The maximum Gasteiger partial charge on any atom is 0.255 e. The first-order valence-electron chi connectivity index (χ1n) is 6.52. The lowest BCUT2D eigenvalue weighted by Crippen LogP contribution is -2.48. The molecule has 0 aromatic heterocycles. The minimum absolute atomic E-state index is 0.0822. The molecule has 5 heteroatoms. The molecule has 1 aromatic rings. The summed E-state index contributed by atoms with van der Waals surface area (Å²) in [5.41, 5.74) is 0.705. The zero-order chi connectivity index (χ0) is 13.6. The first kappa shape index (κ1) is 13.6. The molecule has 3 rings (SSSR count). The molecule has 2 fully saturated rings. The van der Waals surface area contributed by atoms with Crippen LogP contribution in [0.15, 0.2) is 27.1 Å². The molecule has 19 heavy (non-hydrogen) atoms. The summed E-state index contributed by atoms with van der Waals surface area (Å²) < 4.78 is 1.77. The number of piperidine rings is 1. The van der Waals surface area contributed by atoms with Crippen molar-refractivity contribution in [3.63, 3.8) is 0 Å². The number of aliphatic hydroxyl groups excluding tert-OH is 1. The van der Waals surface area contributed by atoms with E-state index in [1.54, 1.807) is 0 Å². The van der Waals surface area contributed by atoms with Gasteiger partial charge in [-0.3, -0.25) is 4.79 Å². The van der Waals surface area contributed by atoms with E-state index in [1.807, 2.05) is 23.1 Å². The fourth-order valence-corrected chi connectivity index (χ4v) is 4.50. The standard InChI is InChI=1S/C14H15Br2NO2/c15-8-1-4-12(13(16)5-8)14(19)17-9-2-3-10(17)7-11(18)6-9/h1,4-5,9-11,18H,2-3,6-7H2. The monoisotopic (exact) mass is 387 g/mol. The van der Waals surface area contributed by atoms with Gasteiger partial charge in [0.25, 0.3) is 5.91 Å². The lowest BCUT2D eigenvalue weighted by Gasteiger charge is -2.37. The Labute approximate surface area is 129 Å². The van der Waals surface area contributed by atoms with Crippen LogP contribution in [0.25, 0.3) is 0 Å². The highest BCUT2D eigenvalue weighted by atomic mass is 79.9. The van der Waals surface area contributed by atoms with Crippen LogP contribution in [0.1, 0.15) is 36.0 Å². The Morgan fingerprint density at radius 1 is 1.21 bits per heavy atom. The fraction of sp³-hybridized carbons (Fsp3) is 0.500. The molecule has 102 valence electrons. The van der Waals surface area contributed by atoms with Crippen molar-refractivity contribution in [2.75, 3.05) is 0 Å². The molecule has 2 bridgehead atoms. The zero-order valence-electron chi connectivity index (χ0n) is 10.4. The van der Waals surface area contributed by atoms with Crippen LogP contribution in [0, 0.1) is 0 Å². The summed E-state index contributed by atoms with van der Waals surface area (Å²) in [4.78, 5) is 14.7. The third-order valence-electron chi connectivity index (χ3n) is 4.10. The van der Waals surface area contributed by atoms with E-state index in [0.29, 0.717) is 5.56 Å². The van der Waals surface area contributed by atoms with Gasteiger partial charge >= 0.3 is 0 Å². The van der Waals surface area contributed by atoms with Gasteiger partial charge in [0.1, 0.15) is 0 Å². The third-order valence-corrected chi connectivity index (χ3v) is 5.25. The van der Waals surface area contributed by atoms with Crippen molar-refractivity contribution in [1.82, 2.24) is 4.90 Å². The molecule has 2 aliphatic heterocycles. The van der Waals surface area contributed by atoms with Gasteiger partial charge < -0.3 is 10.0 Å². The fourth-order valence-electron chi connectivity index (χ4n) is 3.28. The highest BCUT2D eigenvalue weighted by molar-refractivity contribution is 9.11. The zero-order valence-corrected chi connectivity index (χ0v) is 13.5. The Kier molecular flexibility index (Phi) is 3.71. The number of carbonyl (C=O) groups excluding carboxylic acids is 1. The molecule has 3 nitrogen and oxygen atoms in total. The molecule has 0 aliphatic carbocycles. The minimum atomic E-state index is -0.241. The third kappa shape index (κ3) is 2.48. The van der Waals surface area contributed by atoms with Crippen LogP contribution in [-0.4, -0.2) is 34.1 Å². The number of hydrogen-bond acceptors (Lipinski definition) is 2. The molecule has 2 unspecified atom stereocenters. The number of aliphatic hydroxyl groups is 1. The summed E-state index contributed by atoms with van der Waals surface area (Å²) in [5.74, 6) is 0.0822. The Morgan fingerprint density at radius 3 is 2.42 bits per heavy atom. The number of rotatable bonds is 1. The van der Waals surface area contributed by atoms with Gasteiger partial charge in [-0.25, -0.2) is 0 Å². The topological polar surface area (TPSA) is 40.5 Å². The lowest BCUT2D eigenvalue weighted by atomic mass is 9.99. The second kappa shape index (κ2) is 5.19. The SMILES string of the molecule is O=C(c1ccc(Br)cc1Br)N1C2CCC1CC(O)C2. The maximum absolute atomic E-state index is 12.7. The average Bonchev–Trinajstić information content (AvgIpc) is 2.61. The molecule has 0 saturated carbocycles. The molecule has 2 saturated heterocycles. The van der Waals surface area contributed by atoms with Crippen LogP contribution in [0.3, 0.4) is 0 Å². The van der Waals surface area contributed by atoms with Crippen molar-refractivity contribution < 1.29 is 9.90 Å². The number of benzene rings is 1. The summed E-state index contributed by atoms with van der Waals surface area (Å²) >= 11 is 6.86. The van der Waals surface area contributed by atoms with Gasteiger partial charge in [0.2, 0.25) is 0 Å². The minimum Gasteiger partial charge on any atom is -0.393 e. The largest absolute Gasteiger partial charge is 0.393 e. The van der Waals surface area contributed by atoms with Gasteiger partial charge in [-0.05, 0) is 59.8 Å². The molecule has 1 amide bonds. The quantitative estimate of drug-likeness (QED) is 0.801. The molecule has 0 radical (unpaired) electrons. The van der Waals surface area contributed by atoms with Crippen LogP contribution in [0.4, 0.5) is 0 Å². The molecule has 2 aliphatic rings. The number of hydrogen-bond donors (Lipinski definition) is 1. The van der Waals surface area contributed by atoms with E-state index in [4.69, 9.17) is 0 Å². The van der Waals surface area contributed by atoms with Gasteiger partial charge in [0, 0.05) is 21.0 Å². The summed E-state index contributed by atoms with van der Waals surface area (Å²) in [6.07, 6.45) is 3.23. The van der Waals surface area contributed by atoms with E-state index >= 15 is 0 Å². The Balaban J connectivity index is 1.88. The van der Waals surface area contributed by atoms with Gasteiger partial charge in [0.05, 0.1) is 11.7 Å². The van der Waals surface area contributed by atoms with E-state index in [1.165, 1.54) is 0 Å². The lowest BCUT2D eigenvalue weighted by molar-refractivity contribution is 0.0286. The second-order valence-electron chi connectivity index (χ2n) is 5.35. The van der Waals surface area contributed by atoms with E-state index in [0.717, 1.165) is 34.6 Å². The second-order valence-corrected chi connectivity index (χ2v) is 7.12. The normalized spacial score (nSPS) is 29.6. The van der Waals surface area contributed by atoms with Crippen molar-refractivity contribution in [3.8, 4) is 0 Å². The van der Waals surface area contributed by atoms with Crippen LogP contribution in [-0.2, 0) is 0 Å². The van der Waals surface area contributed by atoms with Gasteiger partial charge in [-0.1, -0.05) is 15.9 Å². The van der Waals surface area contributed by atoms with E-state index in [9.17, 15) is 9.90 Å². The smallest absolute Gasteiger partial charge is 0.255 e. The molecule has 1 aromatic carbocycles. The molecule has 0 spiro atoms. The highest BCUT2D eigenvalue weighted by Gasteiger charge is 2.43. The molecule has 2 heterocycles. The van der Waals surface area contributed by atoms with Crippen molar-refractivity contribution in [2.24, 2.45) is 0 Å². The number of amides is 1. The van der Waals surface area contributed by atoms with Crippen LogP contribution in [0.5, 0.6) is 0 Å². The maximum atomic E-state index is 12.7. The molecule has 2 atom stereocenters. The Bertz CT molecular complexity index is 506. The first-order chi connectivity index (χ1) is 9.06. The summed E-state index contributed by atoms with van der Waals surface area (Å²) in [6.45, 7) is 0. The number of nitrogens with zero attached hydrogens (tertiary/aromatic N) is 1. The predicted molar refractivity (Wildman–Crippen MR) is 80.1 cm³/mol. The summed E-state index contributed by atoms with van der Waals surface area (Å²) in [6, 6.07) is 6.04. The van der Waals surface area contributed by atoms with Crippen LogP contribution >= 0.6 is 31.9 Å². The van der Waals surface area contributed by atoms with Gasteiger partial charge in [0.15, 0.2) is 0 Å². The van der Waals surface area contributed by atoms with Crippen molar-refractivity contribution in [2.45, 2.75) is 43.9 Å².